The van der Waals surface area contributed by atoms with Crippen LogP contribution >= 0.6 is 27.3 Å². The molecular weight excluding hydrogens is 312 g/mol. The van der Waals surface area contributed by atoms with Crippen molar-refractivity contribution in [2.24, 2.45) is 5.73 Å². The molecule has 2 N–H and O–H groups in total. The quantitative estimate of drug-likeness (QED) is 0.899. The Bertz CT molecular complexity index is 464. The predicted molar refractivity (Wildman–Crippen MR) is 68.0 cm³/mol. The molecule has 0 bridgehead atoms. The van der Waals surface area contributed by atoms with E-state index in [0.29, 0.717) is 17.3 Å². The van der Waals surface area contributed by atoms with Crippen LogP contribution in [0.5, 0.6) is 0 Å². The molecular formula is C9H13BrN2O2S2. The van der Waals surface area contributed by atoms with Crippen LogP contribution in [-0.2, 0) is 10.0 Å². The summed E-state index contributed by atoms with van der Waals surface area (Å²) in [4.78, 5) is 0. The fourth-order valence-electron chi connectivity index (χ4n) is 1.68. The highest BCUT2D eigenvalue weighted by Gasteiger charge is 2.29. The number of nitrogens with two attached hydrogens (primary N) is 1. The van der Waals surface area contributed by atoms with E-state index in [1.54, 1.807) is 12.1 Å². The molecule has 1 fully saturated rings. The normalized spacial score (nSPS) is 20.1. The summed E-state index contributed by atoms with van der Waals surface area (Å²) in [5, 5.41) is 0. The zero-order chi connectivity index (χ0) is 11.8. The van der Waals surface area contributed by atoms with E-state index in [0.717, 1.165) is 16.6 Å². The maximum Gasteiger partial charge on any atom is 0.252 e. The van der Waals surface area contributed by atoms with Crippen molar-refractivity contribution in [1.29, 1.82) is 0 Å². The second-order valence-corrected chi connectivity index (χ2v) is 8.43. The van der Waals surface area contributed by atoms with E-state index < -0.39 is 10.0 Å². The number of sulfonamides is 1. The molecule has 7 heteroatoms. The Morgan fingerprint density at radius 3 is 2.50 bits per heavy atom. The lowest BCUT2D eigenvalue weighted by Gasteiger charge is -2.28. The number of nitrogens with zero attached hydrogens (tertiary/aromatic N) is 1. The van der Waals surface area contributed by atoms with Crippen LogP contribution < -0.4 is 5.73 Å². The smallest absolute Gasteiger partial charge is 0.252 e. The molecule has 90 valence electrons. The maximum absolute atomic E-state index is 12.2. The van der Waals surface area contributed by atoms with Crippen molar-refractivity contribution in [2.75, 3.05) is 13.1 Å². The van der Waals surface area contributed by atoms with E-state index in [-0.39, 0.29) is 6.04 Å². The lowest BCUT2D eigenvalue weighted by Crippen LogP contribution is -2.42. The Hall–Kier alpha value is 0.0500. The Morgan fingerprint density at radius 2 is 2.00 bits per heavy atom. The van der Waals surface area contributed by atoms with Gasteiger partial charge in [0, 0.05) is 19.1 Å². The van der Waals surface area contributed by atoms with Crippen LogP contribution in [0.4, 0.5) is 0 Å². The molecule has 0 spiro atoms. The molecule has 0 atom stereocenters. The van der Waals surface area contributed by atoms with Crippen LogP contribution in [0.15, 0.2) is 20.1 Å². The van der Waals surface area contributed by atoms with Crippen LogP contribution in [0.3, 0.4) is 0 Å². The molecule has 1 aromatic heterocycles. The van der Waals surface area contributed by atoms with Crippen molar-refractivity contribution in [2.45, 2.75) is 23.1 Å². The molecule has 0 saturated carbocycles. The van der Waals surface area contributed by atoms with E-state index >= 15 is 0 Å². The molecule has 0 aliphatic carbocycles. The van der Waals surface area contributed by atoms with E-state index in [9.17, 15) is 8.42 Å². The van der Waals surface area contributed by atoms with Crippen molar-refractivity contribution in [3.63, 3.8) is 0 Å². The van der Waals surface area contributed by atoms with Gasteiger partial charge in [0.25, 0.3) is 10.0 Å². The number of thiophene rings is 1. The lowest BCUT2D eigenvalue weighted by molar-refractivity contribution is 0.320. The second kappa shape index (κ2) is 4.73. The average Bonchev–Trinajstić information content (AvgIpc) is 2.66. The Labute approximate surface area is 108 Å². The molecule has 0 unspecified atom stereocenters. The summed E-state index contributed by atoms with van der Waals surface area (Å²) in [6.07, 6.45) is 1.48. The van der Waals surface area contributed by atoms with Gasteiger partial charge in [-0.25, -0.2) is 8.42 Å². The third-order valence-corrected chi connectivity index (χ3v) is 6.63. The van der Waals surface area contributed by atoms with Gasteiger partial charge in [-0.15, -0.1) is 11.3 Å². The standard InChI is InChI=1S/C9H13BrN2O2S2/c10-8-1-2-9(15-8)16(13,14)12-5-3-7(11)4-6-12/h1-2,7H,3-6,11H2. The minimum Gasteiger partial charge on any atom is -0.328 e. The van der Waals surface area contributed by atoms with Crippen LogP contribution in [0.1, 0.15) is 12.8 Å². The second-order valence-electron chi connectivity index (χ2n) is 3.80. The molecule has 16 heavy (non-hydrogen) atoms. The topological polar surface area (TPSA) is 63.4 Å². The van der Waals surface area contributed by atoms with Gasteiger partial charge in [-0.05, 0) is 40.9 Å². The van der Waals surface area contributed by atoms with Crippen molar-refractivity contribution in [1.82, 2.24) is 4.31 Å². The highest BCUT2D eigenvalue weighted by Crippen LogP contribution is 2.29. The SMILES string of the molecule is NC1CCN(S(=O)(=O)c2ccc(Br)s2)CC1. The van der Waals surface area contributed by atoms with Gasteiger partial charge in [-0.3, -0.25) is 0 Å². The average molecular weight is 325 g/mol. The van der Waals surface area contributed by atoms with Gasteiger partial charge < -0.3 is 5.73 Å². The Morgan fingerprint density at radius 1 is 1.38 bits per heavy atom. The van der Waals surface area contributed by atoms with Gasteiger partial charge in [0.05, 0.1) is 3.79 Å². The third-order valence-electron chi connectivity index (χ3n) is 2.64. The summed E-state index contributed by atoms with van der Waals surface area (Å²) < 4.78 is 27.1. The third kappa shape index (κ3) is 2.48. The fourth-order valence-corrected chi connectivity index (χ4v) is 5.31. The van der Waals surface area contributed by atoms with E-state index in [2.05, 4.69) is 15.9 Å². The Kier molecular flexibility index (Phi) is 3.70. The van der Waals surface area contributed by atoms with Gasteiger partial charge in [0.2, 0.25) is 0 Å². The summed E-state index contributed by atoms with van der Waals surface area (Å²) in [5.41, 5.74) is 5.76. The zero-order valence-corrected chi connectivity index (χ0v) is 11.8. The van der Waals surface area contributed by atoms with Crippen molar-refractivity contribution in [3.8, 4) is 0 Å². The van der Waals surface area contributed by atoms with Crippen LogP contribution in [0.25, 0.3) is 0 Å². The molecule has 1 aromatic rings. The van der Waals surface area contributed by atoms with Crippen molar-refractivity contribution < 1.29 is 8.42 Å². The number of piperidine rings is 1. The van der Waals surface area contributed by atoms with Gasteiger partial charge in [0.1, 0.15) is 4.21 Å². The van der Waals surface area contributed by atoms with Gasteiger partial charge >= 0.3 is 0 Å². The number of halogens is 1. The Balaban J connectivity index is 2.20. The van der Waals surface area contributed by atoms with E-state index in [1.165, 1.54) is 15.6 Å². The maximum atomic E-state index is 12.2. The van der Waals surface area contributed by atoms with Gasteiger partial charge in [0.15, 0.2) is 0 Å². The molecule has 0 aromatic carbocycles. The molecule has 1 aliphatic rings. The van der Waals surface area contributed by atoms with Crippen molar-refractivity contribution >= 4 is 37.3 Å². The van der Waals surface area contributed by atoms with Gasteiger partial charge in [-0.1, -0.05) is 0 Å². The molecule has 2 rings (SSSR count). The first-order valence-electron chi connectivity index (χ1n) is 5.01. The lowest BCUT2D eigenvalue weighted by atomic mass is 10.1. The number of hydrogen-bond donors (Lipinski definition) is 1. The summed E-state index contributed by atoms with van der Waals surface area (Å²) in [6.45, 7) is 1.05. The first-order chi connectivity index (χ1) is 7.50. The summed E-state index contributed by atoms with van der Waals surface area (Å²) in [6, 6.07) is 3.53. The van der Waals surface area contributed by atoms with E-state index in [1.807, 2.05) is 0 Å². The van der Waals surface area contributed by atoms with Crippen LogP contribution in [0, 0.1) is 0 Å². The minimum atomic E-state index is -3.30. The molecule has 4 nitrogen and oxygen atoms in total. The summed E-state index contributed by atoms with van der Waals surface area (Å²) in [5.74, 6) is 0. The monoisotopic (exact) mass is 324 g/mol. The highest BCUT2D eigenvalue weighted by atomic mass is 79.9. The van der Waals surface area contributed by atoms with Crippen molar-refractivity contribution in [3.05, 3.63) is 15.9 Å². The minimum absolute atomic E-state index is 0.140. The van der Waals surface area contributed by atoms with Gasteiger partial charge in [-0.2, -0.15) is 4.31 Å². The predicted octanol–water partition coefficient (Wildman–Crippen LogP) is 1.62. The summed E-state index contributed by atoms with van der Waals surface area (Å²) in [7, 11) is -3.30. The van der Waals surface area contributed by atoms with Crippen LogP contribution in [-0.4, -0.2) is 31.9 Å². The largest absolute Gasteiger partial charge is 0.328 e. The molecule has 1 saturated heterocycles. The molecule has 0 radical (unpaired) electrons. The molecule has 2 heterocycles. The fraction of sp³-hybridized carbons (Fsp3) is 0.556. The highest BCUT2D eigenvalue weighted by molar-refractivity contribution is 9.11. The number of hydrogen-bond acceptors (Lipinski definition) is 4. The van der Waals surface area contributed by atoms with E-state index in [4.69, 9.17) is 5.73 Å². The zero-order valence-electron chi connectivity index (χ0n) is 8.60. The molecule has 1 aliphatic heterocycles. The summed E-state index contributed by atoms with van der Waals surface area (Å²) >= 11 is 4.52. The number of rotatable bonds is 2. The molecule has 0 amide bonds. The first kappa shape index (κ1) is 12.5. The first-order valence-corrected chi connectivity index (χ1v) is 8.06. The van der Waals surface area contributed by atoms with Crippen LogP contribution in [0.2, 0.25) is 0 Å².